The van der Waals surface area contributed by atoms with E-state index in [0.717, 1.165) is 13.0 Å². The lowest BCUT2D eigenvalue weighted by Crippen LogP contribution is -2.32. The number of nitrogens with one attached hydrogen (secondary N) is 2. The lowest BCUT2D eigenvalue weighted by molar-refractivity contribution is -0.121. The fraction of sp³-hybridized carbons (Fsp3) is 0.909. The number of amides is 1. The Balaban J connectivity index is 3.59. The van der Waals surface area contributed by atoms with Crippen molar-refractivity contribution in [3.63, 3.8) is 0 Å². The Morgan fingerprint density at radius 2 is 1.88 bits per heavy atom. The molecule has 0 radical (unpaired) electrons. The molecular formula is C11H24N2O2S. The topological polar surface area (TPSA) is 58.2 Å². The third kappa shape index (κ3) is 7.82. The van der Waals surface area contributed by atoms with E-state index in [1.54, 1.807) is 0 Å². The summed E-state index contributed by atoms with van der Waals surface area (Å²) in [5.41, 5.74) is 0. The zero-order chi connectivity index (χ0) is 12.6. The summed E-state index contributed by atoms with van der Waals surface area (Å²) >= 11 is 0. The third-order valence-electron chi connectivity index (χ3n) is 2.12. The van der Waals surface area contributed by atoms with Crippen molar-refractivity contribution in [3.8, 4) is 0 Å². The Kier molecular flexibility index (Phi) is 7.58. The minimum atomic E-state index is -0.888. The van der Waals surface area contributed by atoms with Gasteiger partial charge in [-0.3, -0.25) is 9.00 Å². The molecule has 0 aliphatic rings. The Hall–Kier alpha value is -0.420. The maximum absolute atomic E-state index is 11.7. The lowest BCUT2D eigenvalue weighted by atomic mass is 10.3. The minimum Gasteiger partial charge on any atom is -0.355 e. The van der Waals surface area contributed by atoms with Gasteiger partial charge in [0.1, 0.15) is 0 Å². The molecule has 1 atom stereocenters. The highest BCUT2D eigenvalue weighted by Gasteiger charge is 2.18. The molecule has 0 spiro atoms. The molecule has 0 aromatic rings. The monoisotopic (exact) mass is 248 g/mol. The third-order valence-corrected chi connectivity index (χ3v) is 4.06. The molecule has 0 aliphatic carbocycles. The van der Waals surface area contributed by atoms with E-state index in [0.29, 0.717) is 18.7 Å². The van der Waals surface area contributed by atoms with Crippen LogP contribution in [0.4, 0.5) is 0 Å². The van der Waals surface area contributed by atoms with E-state index < -0.39 is 10.8 Å². The van der Waals surface area contributed by atoms with Crippen LogP contribution in [0, 0.1) is 0 Å². The molecule has 1 amide bonds. The van der Waals surface area contributed by atoms with E-state index in [4.69, 9.17) is 0 Å². The van der Waals surface area contributed by atoms with Crippen molar-refractivity contribution >= 4 is 16.7 Å². The number of carbonyl (C=O) groups excluding carboxylic acids is 1. The SMILES string of the molecule is CNCCCC(=O)NCCS(=O)C(C)(C)C. The summed E-state index contributed by atoms with van der Waals surface area (Å²) in [5.74, 6) is 0.572. The average Bonchev–Trinajstić information content (AvgIpc) is 2.16. The lowest BCUT2D eigenvalue weighted by Gasteiger charge is -2.17. The molecule has 0 bridgehead atoms. The molecule has 0 aromatic carbocycles. The number of rotatable bonds is 7. The van der Waals surface area contributed by atoms with Crippen LogP contribution < -0.4 is 10.6 Å². The van der Waals surface area contributed by atoms with Crippen molar-refractivity contribution in [3.05, 3.63) is 0 Å². The van der Waals surface area contributed by atoms with Crippen LogP contribution in [0.3, 0.4) is 0 Å². The second-order valence-electron chi connectivity index (χ2n) is 4.72. The van der Waals surface area contributed by atoms with Gasteiger partial charge in [-0.05, 0) is 40.8 Å². The molecule has 0 aromatic heterocycles. The molecule has 0 heterocycles. The Labute approximate surface area is 101 Å². The van der Waals surface area contributed by atoms with Crippen molar-refractivity contribution < 1.29 is 9.00 Å². The molecular weight excluding hydrogens is 224 g/mol. The first kappa shape index (κ1) is 15.6. The van der Waals surface area contributed by atoms with Crippen LogP contribution in [0.5, 0.6) is 0 Å². The first-order valence-electron chi connectivity index (χ1n) is 5.67. The van der Waals surface area contributed by atoms with Gasteiger partial charge in [0, 0.05) is 34.3 Å². The summed E-state index contributed by atoms with van der Waals surface area (Å²) < 4.78 is 11.5. The zero-order valence-corrected chi connectivity index (χ0v) is 11.6. The molecule has 96 valence electrons. The molecule has 16 heavy (non-hydrogen) atoms. The van der Waals surface area contributed by atoms with Crippen LogP contribution >= 0.6 is 0 Å². The summed E-state index contributed by atoms with van der Waals surface area (Å²) in [6.07, 6.45) is 1.37. The molecule has 0 rings (SSSR count). The quantitative estimate of drug-likeness (QED) is 0.650. The van der Waals surface area contributed by atoms with Crippen molar-refractivity contribution in [2.24, 2.45) is 0 Å². The van der Waals surface area contributed by atoms with Crippen LogP contribution in [-0.4, -0.2) is 40.8 Å². The maximum atomic E-state index is 11.7. The Morgan fingerprint density at radius 1 is 1.25 bits per heavy atom. The standard InChI is InChI=1S/C11H24N2O2S/c1-11(2,3)16(15)9-8-13-10(14)6-5-7-12-4/h12H,5-9H2,1-4H3,(H,13,14). The molecule has 4 nitrogen and oxygen atoms in total. The van der Waals surface area contributed by atoms with Gasteiger partial charge in [0.25, 0.3) is 0 Å². The summed E-state index contributed by atoms with van der Waals surface area (Å²) in [4.78, 5) is 11.3. The largest absolute Gasteiger partial charge is 0.355 e. The van der Waals surface area contributed by atoms with Crippen LogP contribution in [0.1, 0.15) is 33.6 Å². The number of hydrogen-bond acceptors (Lipinski definition) is 3. The highest BCUT2D eigenvalue weighted by Crippen LogP contribution is 2.10. The predicted octanol–water partition coefficient (Wildman–Crippen LogP) is 0.649. The van der Waals surface area contributed by atoms with Crippen molar-refractivity contribution in [1.29, 1.82) is 0 Å². The minimum absolute atomic E-state index is 0.0427. The Morgan fingerprint density at radius 3 is 2.38 bits per heavy atom. The first-order valence-corrected chi connectivity index (χ1v) is 6.99. The fourth-order valence-electron chi connectivity index (χ4n) is 1.10. The van der Waals surface area contributed by atoms with Gasteiger partial charge in [0.15, 0.2) is 0 Å². The number of carbonyl (C=O) groups is 1. The number of hydrogen-bond donors (Lipinski definition) is 2. The van der Waals surface area contributed by atoms with Gasteiger partial charge in [-0.15, -0.1) is 0 Å². The van der Waals surface area contributed by atoms with Crippen molar-refractivity contribution in [2.45, 2.75) is 38.4 Å². The van der Waals surface area contributed by atoms with Gasteiger partial charge in [-0.1, -0.05) is 0 Å². The molecule has 1 unspecified atom stereocenters. The van der Waals surface area contributed by atoms with Gasteiger partial charge in [0.2, 0.25) is 5.91 Å². The van der Waals surface area contributed by atoms with Crippen LogP contribution in [0.2, 0.25) is 0 Å². The average molecular weight is 248 g/mol. The van der Waals surface area contributed by atoms with Crippen LogP contribution in [0.15, 0.2) is 0 Å². The first-order chi connectivity index (χ1) is 7.38. The normalized spacial score (nSPS) is 13.5. The summed E-state index contributed by atoms with van der Waals surface area (Å²) in [6.45, 7) is 7.18. The molecule has 5 heteroatoms. The van der Waals surface area contributed by atoms with Gasteiger partial charge < -0.3 is 10.6 Å². The second-order valence-corrected chi connectivity index (χ2v) is 7.04. The smallest absolute Gasteiger partial charge is 0.220 e. The summed E-state index contributed by atoms with van der Waals surface area (Å²) in [7, 11) is 0.977. The van der Waals surface area contributed by atoms with Crippen molar-refractivity contribution in [2.75, 3.05) is 25.9 Å². The van der Waals surface area contributed by atoms with Gasteiger partial charge in [-0.25, -0.2) is 0 Å². The van der Waals surface area contributed by atoms with Gasteiger partial charge in [-0.2, -0.15) is 0 Å². The molecule has 0 saturated heterocycles. The maximum Gasteiger partial charge on any atom is 0.220 e. The van der Waals surface area contributed by atoms with Crippen LogP contribution in [0.25, 0.3) is 0 Å². The van der Waals surface area contributed by atoms with Gasteiger partial charge >= 0.3 is 0 Å². The summed E-state index contributed by atoms with van der Waals surface area (Å²) in [5, 5.41) is 5.77. The zero-order valence-electron chi connectivity index (χ0n) is 10.8. The van der Waals surface area contributed by atoms with E-state index >= 15 is 0 Å². The van der Waals surface area contributed by atoms with E-state index in [1.807, 2.05) is 27.8 Å². The highest BCUT2D eigenvalue weighted by molar-refractivity contribution is 7.86. The molecule has 2 N–H and O–H groups in total. The second kappa shape index (κ2) is 7.79. The van der Waals surface area contributed by atoms with E-state index in [9.17, 15) is 9.00 Å². The van der Waals surface area contributed by atoms with Gasteiger partial charge in [0.05, 0.1) is 0 Å². The van der Waals surface area contributed by atoms with Crippen molar-refractivity contribution in [1.82, 2.24) is 10.6 Å². The van der Waals surface area contributed by atoms with Crippen LogP contribution in [-0.2, 0) is 15.6 Å². The fourth-order valence-corrected chi connectivity index (χ4v) is 2.00. The summed E-state index contributed by atoms with van der Waals surface area (Å²) in [6, 6.07) is 0. The molecule has 0 saturated carbocycles. The molecule has 0 aliphatic heterocycles. The van der Waals surface area contributed by atoms with E-state index in [-0.39, 0.29) is 10.7 Å². The predicted molar refractivity (Wildman–Crippen MR) is 68.9 cm³/mol. The van der Waals surface area contributed by atoms with E-state index in [2.05, 4.69) is 10.6 Å². The molecule has 0 fully saturated rings. The van der Waals surface area contributed by atoms with E-state index in [1.165, 1.54) is 0 Å². The Bertz CT molecular complexity index is 237. The highest BCUT2D eigenvalue weighted by atomic mass is 32.2.